The van der Waals surface area contributed by atoms with E-state index in [1.165, 1.54) is 6.07 Å². The summed E-state index contributed by atoms with van der Waals surface area (Å²) < 4.78 is 26.0. The number of carboxylic acid groups (broad SMARTS) is 1. The summed E-state index contributed by atoms with van der Waals surface area (Å²) in [5, 5.41) is 8.80. The van der Waals surface area contributed by atoms with Crippen LogP contribution in [-0.2, 0) is 11.2 Å². The van der Waals surface area contributed by atoms with Crippen molar-refractivity contribution in [2.75, 3.05) is 0 Å². The molecule has 0 amide bonds. The van der Waals surface area contributed by atoms with Gasteiger partial charge in [-0.3, -0.25) is 4.79 Å². The van der Waals surface area contributed by atoms with Crippen LogP contribution in [0, 0.1) is 11.6 Å². The summed E-state index contributed by atoms with van der Waals surface area (Å²) in [7, 11) is 0. The number of halogens is 2. The molecule has 0 atom stereocenters. The lowest BCUT2D eigenvalue weighted by atomic mass is 9.97. The zero-order valence-electron chi connectivity index (χ0n) is 9.36. The highest BCUT2D eigenvalue weighted by molar-refractivity contribution is 5.76. The third-order valence-electron chi connectivity index (χ3n) is 2.59. The number of benzene rings is 2. The third-order valence-corrected chi connectivity index (χ3v) is 2.59. The summed E-state index contributed by atoms with van der Waals surface area (Å²) in [6, 6.07) is 10.3. The number of aliphatic carboxylic acids is 1. The van der Waals surface area contributed by atoms with E-state index in [0.717, 1.165) is 12.1 Å². The average Bonchev–Trinajstić information content (AvgIpc) is 2.33. The van der Waals surface area contributed by atoms with Crippen molar-refractivity contribution < 1.29 is 18.7 Å². The molecule has 2 aromatic carbocycles. The SMILES string of the molecule is O=C(O)Cc1ccccc1-c1ccc(F)c(F)c1. The fourth-order valence-electron chi connectivity index (χ4n) is 1.78. The minimum absolute atomic E-state index is 0.158. The molecular weight excluding hydrogens is 238 g/mol. The van der Waals surface area contributed by atoms with E-state index in [4.69, 9.17) is 5.11 Å². The van der Waals surface area contributed by atoms with Crippen molar-refractivity contribution in [1.29, 1.82) is 0 Å². The molecule has 4 heteroatoms. The van der Waals surface area contributed by atoms with Crippen molar-refractivity contribution in [3.8, 4) is 11.1 Å². The number of hydrogen-bond donors (Lipinski definition) is 1. The number of carbonyl (C=O) groups is 1. The topological polar surface area (TPSA) is 37.3 Å². The molecule has 92 valence electrons. The quantitative estimate of drug-likeness (QED) is 0.905. The van der Waals surface area contributed by atoms with E-state index in [1.54, 1.807) is 24.3 Å². The Morgan fingerprint density at radius 3 is 2.44 bits per heavy atom. The Hall–Kier alpha value is -2.23. The fourth-order valence-corrected chi connectivity index (χ4v) is 1.78. The lowest BCUT2D eigenvalue weighted by Gasteiger charge is -2.08. The molecule has 2 nitrogen and oxygen atoms in total. The largest absolute Gasteiger partial charge is 0.481 e. The van der Waals surface area contributed by atoms with Crippen molar-refractivity contribution in [1.82, 2.24) is 0 Å². The Morgan fingerprint density at radius 2 is 1.78 bits per heavy atom. The Bertz CT molecular complexity index is 594. The van der Waals surface area contributed by atoms with Gasteiger partial charge >= 0.3 is 5.97 Å². The van der Waals surface area contributed by atoms with Crippen molar-refractivity contribution in [3.05, 3.63) is 59.7 Å². The molecule has 0 unspecified atom stereocenters. The maximum Gasteiger partial charge on any atom is 0.307 e. The van der Waals surface area contributed by atoms with Gasteiger partial charge in [0.2, 0.25) is 0 Å². The average molecular weight is 248 g/mol. The Balaban J connectivity index is 2.49. The molecule has 0 saturated carbocycles. The van der Waals surface area contributed by atoms with Gasteiger partial charge in [-0.05, 0) is 28.8 Å². The molecule has 2 aromatic rings. The maximum atomic E-state index is 13.2. The van der Waals surface area contributed by atoms with Gasteiger partial charge in [-0.2, -0.15) is 0 Å². The molecule has 1 N–H and O–H groups in total. The number of rotatable bonds is 3. The van der Waals surface area contributed by atoms with Crippen LogP contribution in [0.25, 0.3) is 11.1 Å². The molecule has 0 saturated heterocycles. The van der Waals surface area contributed by atoms with Crippen LogP contribution >= 0.6 is 0 Å². The number of hydrogen-bond acceptors (Lipinski definition) is 1. The summed E-state index contributed by atoms with van der Waals surface area (Å²) in [6.45, 7) is 0. The lowest BCUT2D eigenvalue weighted by molar-refractivity contribution is -0.136. The van der Waals surface area contributed by atoms with Gasteiger partial charge in [0.25, 0.3) is 0 Å². The van der Waals surface area contributed by atoms with Gasteiger partial charge in [0.05, 0.1) is 6.42 Å². The van der Waals surface area contributed by atoms with E-state index in [9.17, 15) is 13.6 Å². The predicted octanol–water partition coefficient (Wildman–Crippen LogP) is 3.26. The summed E-state index contributed by atoms with van der Waals surface area (Å²) in [6.07, 6.45) is -0.158. The van der Waals surface area contributed by atoms with Gasteiger partial charge < -0.3 is 5.11 Å². The van der Waals surface area contributed by atoms with E-state index >= 15 is 0 Å². The Labute approximate surface area is 103 Å². The first-order valence-electron chi connectivity index (χ1n) is 5.33. The summed E-state index contributed by atoms with van der Waals surface area (Å²) in [5.74, 6) is -2.84. The van der Waals surface area contributed by atoms with Gasteiger partial charge in [-0.1, -0.05) is 30.3 Å². The van der Waals surface area contributed by atoms with E-state index < -0.39 is 17.6 Å². The number of carboxylic acids is 1. The molecule has 0 heterocycles. The first-order chi connectivity index (χ1) is 8.58. The molecular formula is C14H10F2O2. The van der Waals surface area contributed by atoms with Gasteiger partial charge in [-0.25, -0.2) is 8.78 Å². The highest BCUT2D eigenvalue weighted by atomic mass is 19.2. The zero-order valence-corrected chi connectivity index (χ0v) is 9.36. The predicted molar refractivity (Wildman–Crippen MR) is 63.1 cm³/mol. The second-order valence-corrected chi connectivity index (χ2v) is 3.86. The standard InChI is InChI=1S/C14H10F2O2/c15-12-6-5-10(7-13(12)16)11-4-2-1-3-9(11)8-14(17)18/h1-7H,8H2,(H,17,18). The lowest BCUT2D eigenvalue weighted by Crippen LogP contribution is -2.01. The second kappa shape index (κ2) is 4.96. The second-order valence-electron chi connectivity index (χ2n) is 3.86. The smallest absolute Gasteiger partial charge is 0.307 e. The molecule has 0 aliphatic heterocycles. The minimum atomic E-state index is -0.968. The molecule has 0 radical (unpaired) electrons. The molecule has 0 aliphatic carbocycles. The fraction of sp³-hybridized carbons (Fsp3) is 0.0714. The van der Waals surface area contributed by atoms with Gasteiger partial charge in [0, 0.05) is 0 Å². The van der Waals surface area contributed by atoms with Crippen molar-refractivity contribution in [2.24, 2.45) is 0 Å². The molecule has 0 aliphatic rings. The van der Waals surface area contributed by atoms with Gasteiger partial charge in [0.1, 0.15) is 0 Å². The van der Waals surface area contributed by atoms with E-state index in [1.807, 2.05) is 0 Å². The molecule has 18 heavy (non-hydrogen) atoms. The molecule has 0 fully saturated rings. The molecule has 0 aromatic heterocycles. The summed E-state index contributed by atoms with van der Waals surface area (Å²) in [4.78, 5) is 10.7. The van der Waals surface area contributed by atoms with Crippen LogP contribution in [0.4, 0.5) is 8.78 Å². The zero-order chi connectivity index (χ0) is 13.1. The van der Waals surface area contributed by atoms with Crippen molar-refractivity contribution in [2.45, 2.75) is 6.42 Å². The van der Waals surface area contributed by atoms with Gasteiger partial charge in [-0.15, -0.1) is 0 Å². The third kappa shape index (κ3) is 2.53. The van der Waals surface area contributed by atoms with Crippen LogP contribution < -0.4 is 0 Å². The van der Waals surface area contributed by atoms with E-state index in [2.05, 4.69) is 0 Å². The first-order valence-corrected chi connectivity index (χ1v) is 5.33. The van der Waals surface area contributed by atoms with Crippen LogP contribution in [-0.4, -0.2) is 11.1 Å². The Morgan fingerprint density at radius 1 is 1.06 bits per heavy atom. The highest BCUT2D eigenvalue weighted by Crippen LogP contribution is 2.25. The van der Waals surface area contributed by atoms with Crippen molar-refractivity contribution >= 4 is 5.97 Å². The van der Waals surface area contributed by atoms with E-state index in [-0.39, 0.29) is 6.42 Å². The van der Waals surface area contributed by atoms with Crippen LogP contribution in [0.1, 0.15) is 5.56 Å². The van der Waals surface area contributed by atoms with Crippen LogP contribution in [0.2, 0.25) is 0 Å². The molecule has 2 rings (SSSR count). The Kier molecular flexibility index (Phi) is 3.37. The minimum Gasteiger partial charge on any atom is -0.481 e. The molecule has 0 bridgehead atoms. The van der Waals surface area contributed by atoms with Crippen LogP contribution in [0.3, 0.4) is 0 Å². The van der Waals surface area contributed by atoms with E-state index in [0.29, 0.717) is 16.7 Å². The highest BCUT2D eigenvalue weighted by Gasteiger charge is 2.10. The van der Waals surface area contributed by atoms with Crippen molar-refractivity contribution in [3.63, 3.8) is 0 Å². The molecule has 0 spiro atoms. The van der Waals surface area contributed by atoms with Gasteiger partial charge in [0.15, 0.2) is 11.6 Å². The first kappa shape index (κ1) is 12.2. The monoisotopic (exact) mass is 248 g/mol. The van der Waals surface area contributed by atoms with Crippen LogP contribution in [0.5, 0.6) is 0 Å². The normalized spacial score (nSPS) is 10.3. The summed E-state index contributed by atoms with van der Waals surface area (Å²) >= 11 is 0. The van der Waals surface area contributed by atoms with Crippen LogP contribution in [0.15, 0.2) is 42.5 Å². The maximum absolute atomic E-state index is 13.2. The summed E-state index contributed by atoms with van der Waals surface area (Å²) in [5.41, 5.74) is 1.63.